The molecule has 62 valence electrons. The van der Waals surface area contributed by atoms with E-state index in [2.05, 4.69) is 9.81 Å². The first kappa shape index (κ1) is 10.3. The van der Waals surface area contributed by atoms with Crippen LogP contribution in [-0.2, 0) is 11.8 Å². The molecule has 0 saturated carbocycles. The molecule has 0 unspecified atom stereocenters. The lowest BCUT2D eigenvalue weighted by Crippen LogP contribution is -3.00. The van der Waals surface area contributed by atoms with Crippen LogP contribution in [0.5, 0.6) is 0 Å². The summed E-state index contributed by atoms with van der Waals surface area (Å²) in [7, 11) is 1.81. The number of anilines is 1. The van der Waals surface area contributed by atoms with Gasteiger partial charge in [0.25, 0.3) is 0 Å². The predicted octanol–water partition coefficient (Wildman–Crippen LogP) is -3.07. The van der Waals surface area contributed by atoms with Gasteiger partial charge in [-0.15, -0.1) is 0 Å². The largest absolute Gasteiger partial charge is 1.00 e. The fourth-order valence-electron chi connectivity index (χ4n) is 0.554. The summed E-state index contributed by atoms with van der Waals surface area (Å²) in [5, 5.41) is 3.40. The van der Waals surface area contributed by atoms with E-state index in [9.17, 15) is 4.79 Å². The van der Waals surface area contributed by atoms with Crippen molar-refractivity contribution in [3.8, 4) is 0 Å². The van der Waals surface area contributed by atoms with Crippen molar-refractivity contribution in [2.75, 3.05) is 5.32 Å². The topological polar surface area (TPSA) is 45.9 Å². The lowest BCUT2D eigenvalue weighted by molar-refractivity contribution is -0.722. The number of nitrogens with zero attached hydrogens (tertiary/aromatic N) is 2. The van der Waals surface area contributed by atoms with Crippen LogP contribution in [0.1, 0.15) is 6.92 Å². The van der Waals surface area contributed by atoms with Crippen LogP contribution in [0.25, 0.3) is 0 Å². The molecule has 0 spiro atoms. The lowest BCUT2D eigenvalue weighted by Gasteiger charge is -1.88. The maximum absolute atomic E-state index is 10.5. The first-order valence-corrected chi connectivity index (χ1v) is 3.56. The fourth-order valence-corrected chi connectivity index (χ4v) is 1.21. The van der Waals surface area contributed by atoms with Crippen molar-refractivity contribution in [2.45, 2.75) is 6.92 Å². The fraction of sp³-hybridized carbons (Fsp3) is 0.400. The molecule has 0 atom stereocenters. The number of halogens is 1. The van der Waals surface area contributed by atoms with Gasteiger partial charge in [-0.05, 0) is 0 Å². The van der Waals surface area contributed by atoms with Gasteiger partial charge in [0, 0.05) is 6.92 Å². The van der Waals surface area contributed by atoms with Gasteiger partial charge >= 0.3 is 0 Å². The molecule has 6 heteroatoms. The highest BCUT2D eigenvalue weighted by atomic mass is 35.5. The summed E-state index contributed by atoms with van der Waals surface area (Å²) >= 11 is 1.26. The van der Waals surface area contributed by atoms with Crippen LogP contribution < -0.4 is 22.4 Å². The minimum absolute atomic E-state index is 0. The van der Waals surface area contributed by atoms with Crippen LogP contribution >= 0.6 is 11.5 Å². The molecule has 0 radical (unpaired) electrons. The van der Waals surface area contributed by atoms with Gasteiger partial charge in [0.1, 0.15) is 0 Å². The van der Waals surface area contributed by atoms with E-state index in [0.29, 0.717) is 0 Å². The molecular weight excluding hydrogens is 186 g/mol. The number of amides is 1. The maximum atomic E-state index is 10.5. The van der Waals surface area contributed by atoms with E-state index in [1.807, 2.05) is 7.05 Å². The molecule has 1 aromatic heterocycles. The van der Waals surface area contributed by atoms with Gasteiger partial charge < -0.3 is 17.7 Å². The Labute approximate surface area is 74.8 Å². The Morgan fingerprint density at radius 1 is 1.82 bits per heavy atom. The van der Waals surface area contributed by atoms with Crippen molar-refractivity contribution in [2.24, 2.45) is 7.05 Å². The normalized spacial score (nSPS) is 8.55. The average molecular weight is 194 g/mol. The highest BCUT2D eigenvalue weighted by molar-refractivity contribution is 7.09. The SMILES string of the molecule is CC(=O)Nc1c[n+](C)ns1.[Cl-]. The zero-order valence-electron chi connectivity index (χ0n) is 6.17. The molecule has 0 aromatic carbocycles. The number of hydrogen-bond acceptors (Lipinski definition) is 3. The molecule has 4 nitrogen and oxygen atoms in total. The molecule has 0 bridgehead atoms. The second kappa shape index (κ2) is 4.25. The summed E-state index contributed by atoms with van der Waals surface area (Å²) in [5.74, 6) is -0.0655. The van der Waals surface area contributed by atoms with Crippen LogP contribution in [0.2, 0.25) is 0 Å². The van der Waals surface area contributed by atoms with E-state index in [1.165, 1.54) is 18.5 Å². The second-order valence-corrected chi connectivity index (χ2v) is 2.71. The standard InChI is InChI=1S/C5H7N3OS.ClH/c1-4(9)6-5-3-8(2)7-10-5;/h3H,1-2H3;1H. The molecule has 0 fully saturated rings. The van der Waals surface area contributed by atoms with Crippen molar-refractivity contribution in [3.63, 3.8) is 0 Å². The quantitative estimate of drug-likeness (QED) is 0.482. The third-order valence-electron chi connectivity index (χ3n) is 0.871. The Bertz CT molecular complexity index is 250. The number of nitrogens with one attached hydrogen (secondary N) is 1. The highest BCUT2D eigenvalue weighted by Crippen LogP contribution is 2.06. The maximum Gasteiger partial charge on any atom is 0.232 e. The molecule has 1 rings (SSSR count). The van der Waals surface area contributed by atoms with Gasteiger partial charge in [-0.25, -0.2) is 0 Å². The molecular formula is C5H8ClN3OS. The molecule has 1 heterocycles. The summed E-state index contributed by atoms with van der Waals surface area (Å²) < 4.78 is 5.56. The van der Waals surface area contributed by atoms with Crippen LogP contribution in [0.3, 0.4) is 0 Å². The Balaban J connectivity index is 0.000001000. The second-order valence-electron chi connectivity index (χ2n) is 1.92. The number of hydrogen-bond donors (Lipinski definition) is 1. The smallest absolute Gasteiger partial charge is 0.232 e. The van der Waals surface area contributed by atoms with Crippen molar-refractivity contribution in [3.05, 3.63) is 6.20 Å². The van der Waals surface area contributed by atoms with Crippen LogP contribution in [0, 0.1) is 0 Å². The summed E-state index contributed by atoms with van der Waals surface area (Å²) in [6.45, 7) is 1.47. The van der Waals surface area contributed by atoms with E-state index in [1.54, 1.807) is 10.9 Å². The minimum atomic E-state index is -0.0655. The van der Waals surface area contributed by atoms with Crippen LogP contribution in [0.4, 0.5) is 5.00 Å². The monoisotopic (exact) mass is 193 g/mol. The summed E-state index contributed by atoms with van der Waals surface area (Å²) in [6, 6.07) is 0. The third-order valence-corrected chi connectivity index (χ3v) is 1.61. The van der Waals surface area contributed by atoms with E-state index < -0.39 is 0 Å². The number of carbonyl (C=O) groups excluding carboxylic acids is 1. The van der Waals surface area contributed by atoms with Crippen molar-refractivity contribution in [1.82, 2.24) is 4.49 Å². The highest BCUT2D eigenvalue weighted by Gasteiger charge is 2.04. The van der Waals surface area contributed by atoms with E-state index >= 15 is 0 Å². The van der Waals surface area contributed by atoms with Crippen molar-refractivity contribution in [1.29, 1.82) is 0 Å². The first-order chi connectivity index (χ1) is 4.68. The molecule has 11 heavy (non-hydrogen) atoms. The molecule has 0 aliphatic rings. The van der Waals surface area contributed by atoms with Crippen LogP contribution in [0.15, 0.2) is 6.20 Å². The van der Waals surface area contributed by atoms with Gasteiger partial charge in [0.15, 0.2) is 12.0 Å². The molecule has 1 N–H and O–H groups in total. The van der Waals surface area contributed by atoms with Gasteiger partial charge in [-0.3, -0.25) is 4.79 Å². The molecule has 1 amide bonds. The van der Waals surface area contributed by atoms with E-state index in [0.717, 1.165) is 5.00 Å². The Kier molecular flexibility index (Phi) is 3.99. The first-order valence-electron chi connectivity index (χ1n) is 2.78. The average Bonchev–Trinajstić information content (AvgIpc) is 2.13. The van der Waals surface area contributed by atoms with Gasteiger partial charge in [0.05, 0.1) is 16.0 Å². The van der Waals surface area contributed by atoms with Gasteiger partial charge in [-0.2, -0.15) is 0 Å². The third kappa shape index (κ3) is 3.29. The predicted molar refractivity (Wildman–Crippen MR) is 37.6 cm³/mol. The van der Waals surface area contributed by atoms with Crippen molar-refractivity contribution >= 4 is 22.4 Å². The van der Waals surface area contributed by atoms with E-state index in [-0.39, 0.29) is 18.3 Å². The molecule has 1 aromatic rings. The summed E-state index contributed by atoms with van der Waals surface area (Å²) in [4.78, 5) is 10.5. The van der Waals surface area contributed by atoms with Crippen molar-refractivity contribution < 1.29 is 21.9 Å². The number of carbonyl (C=O) groups is 1. The Hall–Kier alpha value is -0.680. The summed E-state index contributed by atoms with van der Waals surface area (Å²) in [6.07, 6.45) is 1.76. The Morgan fingerprint density at radius 3 is 2.82 bits per heavy atom. The molecule has 0 aliphatic heterocycles. The minimum Gasteiger partial charge on any atom is -1.00 e. The zero-order valence-corrected chi connectivity index (χ0v) is 7.74. The lowest BCUT2D eigenvalue weighted by atomic mass is 10.7. The number of rotatable bonds is 1. The Morgan fingerprint density at radius 2 is 2.45 bits per heavy atom. The van der Waals surface area contributed by atoms with Gasteiger partial charge in [-0.1, -0.05) is 4.68 Å². The number of aryl methyl sites for hydroxylation is 1. The zero-order chi connectivity index (χ0) is 7.56. The van der Waals surface area contributed by atoms with Gasteiger partial charge in [0.2, 0.25) is 12.1 Å². The summed E-state index contributed by atoms with van der Waals surface area (Å²) in [5.41, 5.74) is 0. The molecule has 0 aliphatic carbocycles. The van der Waals surface area contributed by atoms with Crippen LogP contribution in [-0.4, -0.2) is 10.4 Å². The number of aromatic nitrogens is 2. The van der Waals surface area contributed by atoms with E-state index in [4.69, 9.17) is 0 Å². The molecule has 0 saturated heterocycles.